The Labute approximate surface area is 194 Å². The molecule has 0 unspecified atom stereocenters. The van der Waals surface area contributed by atoms with Gasteiger partial charge in [0.2, 0.25) is 0 Å². The van der Waals surface area contributed by atoms with Crippen LogP contribution in [0.15, 0.2) is 41.3 Å². The molecule has 0 spiro atoms. The fourth-order valence-corrected chi connectivity index (χ4v) is 4.67. The smallest absolute Gasteiger partial charge is 0.266 e. The molecule has 0 aromatic heterocycles. The standard InChI is InChI=1S/C21H19Cl2NO4S2/c1-3-24-20(25)18(30-21(24)29)11-13-10-14(22)12-17(23)19(13)28-9-8-27-16-6-4-15(26-2)5-7-16/h4-7,10-12H,3,8-9H2,1-2H3/b18-11-. The fourth-order valence-electron chi connectivity index (χ4n) is 2.73. The number of benzene rings is 2. The summed E-state index contributed by atoms with van der Waals surface area (Å²) in [5.41, 5.74) is 0.605. The van der Waals surface area contributed by atoms with Crippen LogP contribution in [0.3, 0.4) is 0 Å². The first-order valence-electron chi connectivity index (χ1n) is 9.07. The average molecular weight is 484 g/mol. The number of hydrogen-bond donors (Lipinski definition) is 0. The van der Waals surface area contributed by atoms with Crippen LogP contribution in [-0.2, 0) is 4.79 Å². The van der Waals surface area contributed by atoms with Crippen molar-refractivity contribution in [2.75, 3.05) is 26.9 Å². The van der Waals surface area contributed by atoms with E-state index in [1.54, 1.807) is 30.2 Å². The number of likely N-dealkylation sites (N-methyl/N-ethyl adjacent to an activating group) is 1. The summed E-state index contributed by atoms with van der Waals surface area (Å²) >= 11 is 19.0. The highest BCUT2D eigenvalue weighted by Gasteiger charge is 2.31. The van der Waals surface area contributed by atoms with Crippen molar-refractivity contribution in [3.8, 4) is 17.2 Å². The first-order chi connectivity index (χ1) is 14.4. The van der Waals surface area contributed by atoms with Gasteiger partial charge in [0.1, 0.15) is 34.8 Å². The Morgan fingerprint density at radius 1 is 1.10 bits per heavy atom. The summed E-state index contributed by atoms with van der Waals surface area (Å²) in [5.74, 6) is 1.74. The lowest BCUT2D eigenvalue weighted by Gasteiger charge is -2.13. The molecule has 0 radical (unpaired) electrons. The minimum atomic E-state index is -0.141. The molecule has 0 saturated carbocycles. The molecule has 1 amide bonds. The molecule has 2 aromatic rings. The lowest BCUT2D eigenvalue weighted by molar-refractivity contribution is -0.121. The van der Waals surface area contributed by atoms with Gasteiger partial charge in [-0.1, -0.05) is 47.2 Å². The largest absolute Gasteiger partial charge is 0.497 e. The van der Waals surface area contributed by atoms with E-state index in [4.69, 9.17) is 49.6 Å². The molecule has 1 fully saturated rings. The number of thioether (sulfide) groups is 1. The Bertz CT molecular complexity index is 980. The summed E-state index contributed by atoms with van der Waals surface area (Å²) in [6, 6.07) is 10.6. The highest BCUT2D eigenvalue weighted by molar-refractivity contribution is 8.26. The zero-order valence-electron chi connectivity index (χ0n) is 16.3. The van der Waals surface area contributed by atoms with Crippen molar-refractivity contribution in [1.82, 2.24) is 4.90 Å². The number of halogens is 2. The lowest BCUT2D eigenvalue weighted by atomic mass is 10.1. The number of rotatable bonds is 8. The van der Waals surface area contributed by atoms with E-state index in [1.165, 1.54) is 11.8 Å². The van der Waals surface area contributed by atoms with Crippen molar-refractivity contribution in [3.63, 3.8) is 0 Å². The molecule has 0 bridgehead atoms. The Morgan fingerprint density at radius 2 is 1.77 bits per heavy atom. The van der Waals surface area contributed by atoms with E-state index in [2.05, 4.69) is 0 Å². The molecule has 0 atom stereocenters. The maximum Gasteiger partial charge on any atom is 0.266 e. The van der Waals surface area contributed by atoms with E-state index in [9.17, 15) is 4.79 Å². The van der Waals surface area contributed by atoms with Crippen LogP contribution in [0, 0.1) is 0 Å². The molecule has 0 N–H and O–H groups in total. The fraction of sp³-hybridized carbons (Fsp3) is 0.238. The molecule has 3 rings (SSSR count). The third-order valence-corrected chi connectivity index (χ3v) is 6.05. The third-order valence-electron chi connectivity index (χ3n) is 4.17. The molecule has 9 heteroatoms. The van der Waals surface area contributed by atoms with Crippen LogP contribution in [0.2, 0.25) is 10.0 Å². The highest BCUT2D eigenvalue weighted by atomic mass is 35.5. The highest BCUT2D eigenvalue weighted by Crippen LogP contribution is 2.38. The van der Waals surface area contributed by atoms with Crippen molar-refractivity contribution < 1.29 is 19.0 Å². The Kier molecular flexibility index (Phi) is 7.88. The van der Waals surface area contributed by atoms with Crippen molar-refractivity contribution in [3.05, 3.63) is 56.9 Å². The van der Waals surface area contributed by atoms with Gasteiger partial charge in [-0.15, -0.1) is 0 Å². The Balaban J connectivity index is 1.71. The number of carbonyl (C=O) groups excluding carboxylic acids is 1. The number of nitrogens with zero attached hydrogens (tertiary/aromatic N) is 1. The second-order valence-electron chi connectivity index (χ2n) is 6.10. The monoisotopic (exact) mass is 483 g/mol. The van der Waals surface area contributed by atoms with E-state index in [0.29, 0.717) is 49.5 Å². The number of amides is 1. The van der Waals surface area contributed by atoms with Crippen LogP contribution in [0.1, 0.15) is 12.5 Å². The number of thiocarbonyl (C=S) groups is 1. The SMILES string of the molecule is CCN1C(=O)/C(=C/c2cc(Cl)cc(Cl)c2OCCOc2ccc(OC)cc2)SC1=S. The molecule has 158 valence electrons. The first kappa shape index (κ1) is 22.7. The van der Waals surface area contributed by atoms with Crippen molar-refractivity contribution in [2.24, 2.45) is 0 Å². The quantitative estimate of drug-likeness (QED) is 0.273. The first-order valence-corrected chi connectivity index (χ1v) is 11.0. The summed E-state index contributed by atoms with van der Waals surface area (Å²) in [4.78, 5) is 14.6. The van der Waals surface area contributed by atoms with Gasteiger partial charge < -0.3 is 14.2 Å². The molecule has 0 aliphatic carbocycles. The second-order valence-corrected chi connectivity index (χ2v) is 8.62. The summed E-state index contributed by atoms with van der Waals surface area (Å²) < 4.78 is 17.2. The summed E-state index contributed by atoms with van der Waals surface area (Å²) in [5, 5.41) is 0.795. The molecule has 1 aliphatic rings. The third kappa shape index (κ3) is 5.40. The summed E-state index contributed by atoms with van der Waals surface area (Å²) in [6.07, 6.45) is 1.70. The van der Waals surface area contributed by atoms with Gasteiger partial charge in [0.25, 0.3) is 5.91 Å². The number of ether oxygens (including phenoxy) is 3. The van der Waals surface area contributed by atoms with Gasteiger partial charge in [0.05, 0.1) is 17.0 Å². The van der Waals surface area contributed by atoms with Crippen molar-refractivity contribution in [2.45, 2.75) is 6.92 Å². The average Bonchev–Trinajstić information content (AvgIpc) is 2.99. The maximum atomic E-state index is 12.5. The van der Waals surface area contributed by atoms with E-state index in [0.717, 1.165) is 5.75 Å². The maximum absolute atomic E-state index is 12.5. The number of carbonyl (C=O) groups is 1. The zero-order valence-corrected chi connectivity index (χ0v) is 19.5. The zero-order chi connectivity index (χ0) is 21.7. The molecule has 5 nitrogen and oxygen atoms in total. The van der Waals surface area contributed by atoms with Gasteiger partial charge in [0, 0.05) is 17.1 Å². The van der Waals surface area contributed by atoms with Gasteiger partial charge in [-0.05, 0) is 49.4 Å². The molecule has 1 aliphatic heterocycles. The Hall–Kier alpha value is -1.93. The van der Waals surface area contributed by atoms with Gasteiger partial charge in [-0.3, -0.25) is 9.69 Å². The molecule has 30 heavy (non-hydrogen) atoms. The van der Waals surface area contributed by atoms with Gasteiger partial charge in [0.15, 0.2) is 0 Å². The van der Waals surface area contributed by atoms with E-state index < -0.39 is 0 Å². The number of methoxy groups -OCH3 is 1. The van der Waals surface area contributed by atoms with Gasteiger partial charge in [-0.2, -0.15) is 0 Å². The van der Waals surface area contributed by atoms with Crippen LogP contribution < -0.4 is 14.2 Å². The Morgan fingerprint density at radius 3 is 2.40 bits per heavy atom. The molecular formula is C21H19Cl2NO4S2. The molecule has 2 aromatic carbocycles. The predicted molar refractivity (Wildman–Crippen MR) is 126 cm³/mol. The molecule has 1 saturated heterocycles. The van der Waals surface area contributed by atoms with E-state index >= 15 is 0 Å². The lowest BCUT2D eigenvalue weighted by Crippen LogP contribution is -2.27. The second kappa shape index (κ2) is 10.4. The molecular weight excluding hydrogens is 465 g/mol. The van der Waals surface area contributed by atoms with Crippen LogP contribution in [0.4, 0.5) is 0 Å². The van der Waals surface area contributed by atoms with Crippen LogP contribution in [0.5, 0.6) is 17.2 Å². The summed E-state index contributed by atoms with van der Waals surface area (Å²) in [6.45, 7) is 2.96. The van der Waals surface area contributed by atoms with Crippen LogP contribution in [-0.4, -0.2) is 42.0 Å². The predicted octanol–water partition coefficient (Wildman–Crippen LogP) is 5.68. The van der Waals surface area contributed by atoms with Crippen molar-refractivity contribution in [1.29, 1.82) is 0 Å². The number of hydrogen-bond acceptors (Lipinski definition) is 6. The van der Waals surface area contributed by atoms with Crippen molar-refractivity contribution >= 4 is 63.5 Å². The minimum absolute atomic E-state index is 0.141. The topological polar surface area (TPSA) is 48.0 Å². The van der Waals surface area contributed by atoms with Gasteiger partial charge in [-0.25, -0.2) is 0 Å². The summed E-state index contributed by atoms with van der Waals surface area (Å²) in [7, 11) is 1.61. The minimum Gasteiger partial charge on any atom is -0.497 e. The van der Waals surface area contributed by atoms with Crippen LogP contribution >= 0.6 is 47.2 Å². The van der Waals surface area contributed by atoms with E-state index in [-0.39, 0.29) is 12.5 Å². The normalized spacial score (nSPS) is 15.1. The molecule has 1 heterocycles. The van der Waals surface area contributed by atoms with E-state index in [1.807, 2.05) is 31.2 Å². The van der Waals surface area contributed by atoms with Crippen LogP contribution in [0.25, 0.3) is 6.08 Å². The van der Waals surface area contributed by atoms with Gasteiger partial charge >= 0.3 is 0 Å².